The third-order valence-corrected chi connectivity index (χ3v) is 6.43. The molecule has 5 nitrogen and oxygen atoms in total. The summed E-state index contributed by atoms with van der Waals surface area (Å²) in [4.78, 5) is 11.9. The van der Waals surface area contributed by atoms with E-state index in [1.807, 2.05) is 32.0 Å². The number of thiophene rings is 1. The summed E-state index contributed by atoms with van der Waals surface area (Å²) in [6.45, 7) is 5.20. The summed E-state index contributed by atoms with van der Waals surface area (Å²) in [5.74, 6) is -0.574. The topological polar surface area (TPSA) is 63.7 Å². The predicted molar refractivity (Wildman–Crippen MR) is 91.4 cm³/mol. The van der Waals surface area contributed by atoms with Crippen molar-refractivity contribution in [3.05, 3.63) is 46.8 Å². The van der Waals surface area contributed by atoms with E-state index in [4.69, 9.17) is 4.74 Å². The number of sulfonamides is 1. The zero-order chi connectivity index (χ0) is 17.0. The zero-order valence-electron chi connectivity index (χ0n) is 13.3. The molecule has 0 saturated carbocycles. The largest absolute Gasteiger partial charge is 0.465 e. The van der Waals surface area contributed by atoms with E-state index in [0.717, 1.165) is 26.8 Å². The first-order valence-corrected chi connectivity index (χ1v) is 9.48. The SMILES string of the molecule is CCOC(=O)CN(c1c(C)cccc1C)S(=O)(=O)c1cccs1. The number of anilines is 1. The van der Waals surface area contributed by atoms with Crippen LogP contribution in [0.25, 0.3) is 0 Å². The van der Waals surface area contributed by atoms with Crippen LogP contribution in [0.15, 0.2) is 39.9 Å². The van der Waals surface area contributed by atoms with E-state index in [1.165, 1.54) is 6.07 Å². The summed E-state index contributed by atoms with van der Waals surface area (Å²) in [6.07, 6.45) is 0. The number of carbonyl (C=O) groups is 1. The van der Waals surface area contributed by atoms with Crippen LogP contribution >= 0.6 is 11.3 Å². The van der Waals surface area contributed by atoms with E-state index < -0.39 is 16.0 Å². The van der Waals surface area contributed by atoms with Gasteiger partial charge in [0.25, 0.3) is 10.0 Å². The average Bonchev–Trinajstić information content (AvgIpc) is 3.01. The minimum absolute atomic E-state index is 0.199. The normalized spacial score (nSPS) is 11.3. The molecular formula is C16H19NO4S2. The molecule has 0 aliphatic rings. The molecule has 0 fully saturated rings. The number of aryl methyl sites for hydroxylation is 2. The quantitative estimate of drug-likeness (QED) is 0.749. The highest BCUT2D eigenvalue weighted by Gasteiger charge is 2.30. The molecule has 1 heterocycles. The van der Waals surface area contributed by atoms with Crippen LogP contribution in [0.3, 0.4) is 0 Å². The van der Waals surface area contributed by atoms with Crippen LogP contribution in [0, 0.1) is 13.8 Å². The van der Waals surface area contributed by atoms with Crippen molar-refractivity contribution in [1.82, 2.24) is 0 Å². The van der Waals surface area contributed by atoms with Crippen molar-refractivity contribution in [2.75, 3.05) is 17.5 Å². The van der Waals surface area contributed by atoms with Crippen molar-refractivity contribution in [2.24, 2.45) is 0 Å². The molecule has 2 rings (SSSR count). The lowest BCUT2D eigenvalue weighted by atomic mass is 10.1. The molecule has 0 unspecified atom stereocenters. The molecule has 0 spiro atoms. The van der Waals surface area contributed by atoms with Gasteiger partial charge in [-0.2, -0.15) is 0 Å². The van der Waals surface area contributed by atoms with E-state index in [1.54, 1.807) is 18.4 Å². The van der Waals surface area contributed by atoms with Gasteiger partial charge in [0.1, 0.15) is 10.8 Å². The highest BCUT2D eigenvalue weighted by atomic mass is 32.2. The number of nitrogens with zero attached hydrogens (tertiary/aromatic N) is 1. The van der Waals surface area contributed by atoms with E-state index in [-0.39, 0.29) is 17.4 Å². The molecule has 0 saturated heterocycles. The number of hydrogen-bond acceptors (Lipinski definition) is 5. The van der Waals surface area contributed by atoms with Crippen molar-refractivity contribution in [1.29, 1.82) is 0 Å². The van der Waals surface area contributed by atoms with Crippen LogP contribution in [0.5, 0.6) is 0 Å². The summed E-state index contributed by atoms with van der Waals surface area (Å²) in [6, 6.07) is 8.71. The van der Waals surface area contributed by atoms with Crippen molar-refractivity contribution in [3.63, 3.8) is 0 Å². The second-order valence-electron chi connectivity index (χ2n) is 4.99. The molecule has 23 heavy (non-hydrogen) atoms. The van der Waals surface area contributed by atoms with Crippen LogP contribution in [0.2, 0.25) is 0 Å². The maximum atomic E-state index is 13.0. The van der Waals surface area contributed by atoms with Gasteiger partial charge in [-0.05, 0) is 43.3 Å². The third-order valence-electron chi connectivity index (χ3n) is 3.31. The minimum atomic E-state index is -3.82. The molecule has 1 aromatic heterocycles. The van der Waals surface area contributed by atoms with Gasteiger partial charge < -0.3 is 4.74 Å². The van der Waals surface area contributed by atoms with E-state index in [2.05, 4.69) is 0 Å². The van der Waals surface area contributed by atoms with Crippen molar-refractivity contribution in [2.45, 2.75) is 25.0 Å². The summed E-state index contributed by atoms with van der Waals surface area (Å²) in [5, 5.41) is 1.69. The lowest BCUT2D eigenvalue weighted by molar-refractivity contribution is -0.141. The summed E-state index contributed by atoms with van der Waals surface area (Å²) >= 11 is 1.12. The third kappa shape index (κ3) is 3.73. The van der Waals surface area contributed by atoms with Gasteiger partial charge in [0.15, 0.2) is 0 Å². The molecule has 0 N–H and O–H groups in total. The first-order valence-electron chi connectivity index (χ1n) is 7.16. The van der Waals surface area contributed by atoms with Crippen LogP contribution in [0.4, 0.5) is 5.69 Å². The Bertz CT molecular complexity index is 762. The van der Waals surface area contributed by atoms with Gasteiger partial charge in [-0.25, -0.2) is 8.42 Å². The van der Waals surface area contributed by atoms with E-state index >= 15 is 0 Å². The van der Waals surface area contributed by atoms with Gasteiger partial charge in [0.05, 0.1) is 12.3 Å². The lowest BCUT2D eigenvalue weighted by Gasteiger charge is -2.26. The van der Waals surface area contributed by atoms with Crippen molar-refractivity contribution < 1.29 is 17.9 Å². The average molecular weight is 353 g/mol. The van der Waals surface area contributed by atoms with Crippen LogP contribution in [0.1, 0.15) is 18.1 Å². The van der Waals surface area contributed by atoms with Crippen LogP contribution in [-0.2, 0) is 19.6 Å². The monoisotopic (exact) mass is 353 g/mol. The maximum absolute atomic E-state index is 13.0. The number of rotatable bonds is 6. The van der Waals surface area contributed by atoms with Crippen LogP contribution < -0.4 is 4.31 Å². The van der Waals surface area contributed by atoms with Gasteiger partial charge in [-0.3, -0.25) is 9.10 Å². The molecule has 0 atom stereocenters. The molecule has 0 aliphatic carbocycles. The number of ether oxygens (including phenoxy) is 1. The maximum Gasteiger partial charge on any atom is 0.326 e. The molecule has 0 radical (unpaired) electrons. The Hall–Kier alpha value is -1.86. The molecule has 0 amide bonds. The van der Waals surface area contributed by atoms with Crippen molar-refractivity contribution in [3.8, 4) is 0 Å². The van der Waals surface area contributed by atoms with Crippen LogP contribution in [-0.4, -0.2) is 27.5 Å². The van der Waals surface area contributed by atoms with Gasteiger partial charge in [0, 0.05) is 0 Å². The Kier molecular flexibility index (Phi) is 5.43. The highest BCUT2D eigenvalue weighted by molar-refractivity contribution is 7.94. The summed E-state index contributed by atoms with van der Waals surface area (Å²) in [7, 11) is -3.82. The van der Waals surface area contributed by atoms with E-state index in [9.17, 15) is 13.2 Å². The Morgan fingerprint density at radius 3 is 2.35 bits per heavy atom. The lowest BCUT2D eigenvalue weighted by Crippen LogP contribution is -2.37. The molecule has 1 aromatic carbocycles. The first kappa shape index (κ1) is 17.5. The Morgan fingerprint density at radius 2 is 1.83 bits per heavy atom. The highest BCUT2D eigenvalue weighted by Crippen LogP contribution is 2.31. The number of carbonyl (C=O) groups excluding carboxylic acids is 1. The first-order chi connectivity index (χ1) is 10.9. The fourth-order valence-electron chi connectivity index (χ4n) is 2.33. The Labute approximate surface area is 140 Å². The Balaban J connectivity index is 2.55. The van der Waals surface area contributed by atoms with Gasteiger partial charge in [0.2, 0.25) is 0 Å². The summed E-state index contributed by atoms with van der Waals surface area (Å²) in [5.41, 5.74) is 2.10. The molecule has 7 heteroatoms. The standard InChI is InChI=1S/C16H19NO4S2/c1-4-21-14(18)11-17(16-12(2)7-5-8-13(16)3)23(19,20)15-9-6-10-22-15/h5-10H,4,11H2,1-3H3. The van der Waals surface area contributed by atoms with Gasteiger partial charge in [-0.1, -0.05) is 24.3 Å². The second kappa shape index (κ2) is 7.14. The molecular weight excluding hydrogens is 334 g/mol. The minimum Gasteiger partial charge on any atom is -0.465 e. The zero-order valence-corrected chi connectivity index (χ0v) is 14.9. The summed E-state index contributed by atoms with van der Waals surface area (Å²) < 4.78 is 32.2. The fraction of sp³-hybridized carbons (Fsp3) is 0.312. The Morgan fingerprint density at radius 1 is 1.17 bits per heavy atom. The predicted octanol–water partition coefficient (Wildman–Crippen LogP) is 3.12. The molecule has 0 aliphatic heterocycles. The number of para-hydroxylation sites is 1. The number of esters is 1. The number of hydrogen-bond donors (Lipinski definition) is 0. The molecule has 0 bridgehead atoms. The van der Waals surface area contributed by atoms with Gasteiger partial charge >= 0.3 is 5.97 Å². The second-order valence-corrected chi connectivity index (χ2v) is 8.03. The smallest absolute Gasteiger partial charge is 0.326 e. The van der Waals surface area contributed by atoms with Gasteiger partial charge in [-0.15, -0.1) is 11.3 Å². The van der Waals surface area contributed by atoms with Crippen molar-refractivity contribution >= 4 is 33.0 Å². The number of benzene rings is 1. The van der Waals surface area contributed by atoms with E-state index in [0.29, 0.717) is 5.69 Å². The molecule has 2 aromatic rings. The fourth-order valence-corrected chi connectivity index (χ4v) is 4.97. The molecule has 124 valence electrons.